The number of ketones is 1. The molecule has 5 rings (SSSR count). The van der Waals surface area contributed by atoms with E-state index in [1.54, 1.807) is 30.3 Å². The molecule has 1 fully saturated rings. The molecule has 3 aromatic rings. The Morgan fingerprint density at radius 2 is 1.76 bits per heavy atom. The van der Waals surface area contributed by atoms with Gasteiger partial charge in [-0.15, -0.1) is 0 Å². The summed E-state index contributed by atoms with van der Waals surface area (Å²) < 4.78 is 22.4. The lowest BCUT2D eigenvalue weighted by atomic mass is 9.95. The summed E-state index contributed by atoms with van der Waals surface area (Å²) in [5.74, 6) is -0.130. The third-order valence-electron chi connectivity index (χ3n) is 6.31. The fraction of sp³-hybridized carbons (Fsp3) is 0.241. The van der Waals surface area contributed by atoms with E-state index in [2.05, 4.69) is 0 Å². The van der Waals surface area contributed by atoms with Crippen molar-refractivity contribution in [3.63, 3.8) is 0 Å². The fourth-order valence-electron chi connectivity index (χ4n) is 4.51. The van der Waals surface area contributed by atoms with E-state index >= 15 is 0 Å². The lowest BCUT2D eigenvalue weighted by Crippen LogP contribution is -2.32. The highest BCUT2D eigenvalue weighted by molar-refractivity contribution is 6.46. The van der Waals surface area contributed by atoms with Crippen LogP contribution in [0.1, 0.15) is 22.7 Å². The monoisotopic (exact) mass is 501 g/mol. The number of likely N-dealkylation sites (tertiary alicyclic amines) is 1. The molecule has 0 bridgehead atoms. The molecular formula is C29H27NO7. The lowest BCUT2D eigenvalue weighted by Gasteiger charge is -2.25. The van der Waals surface area contributed by atoms with Gasteiger partial charge in [0.15, 0.2) is 11.5 Å². The van der Waals surface area contributed by atoms with Crippen LogP contribution in [-0.2, 0) is 20.9 Å². The van der Waals surface area contributed by atoms with Gasteiger partial charge in [0.25, 0.3) is 11.7 Å². The van der Waals surface area contributed by atoms with E-state index in [0.717, 1.165) is 5.56 Å². The number of amides is 1. The van der Waals surface area contributed by atoms with Gasteiger partial charge in [-0.3, -0.25) is 9.59 Å². The molecule has 0 radical (unpaired) electrons. The zero-order chi connectivity index (χ0) is 25.8. The molecular weight excluding hydrogens is 474 g/mol. The molecule has 1 atom stereocenters. The highest BCUT2D eigenvalue weighted by Gasteiger charge is 2.46. The van der Waals surface area contributed by atoms with Gasteiger partial charge in [0.1, 0.15) is 31.3 Å². The summed E-state index contributed by atoms with van der Waals surface area (Å²) in [7, 11) is 1.53. The smallest absolute Gasteiger partial charge is 0.295 e. The molecule has 1 amide bonds. The SMILES string of the molecule is COCCN1C(=O)C(=O)/C(=C(/O)c2ccc3c(c2)OCCO3)[C@H]1c1cccc(OCc2ccccc2)c1. The van der Waals surface area contributed by atoms with Crippen LogP contribution in [0.3, 0.4) is 0 Å². The first-order valence-corrected chi connectivity index (χ1v) is 12.0. The van der Waals surface area contributed by atoms with Gasteiger partial charge in [-0.05, 0) is 41.5 Å². The van der Waals surface area contributed by atoms with Gasteiger partial charge >= 0.3 is 0 Å². The van der Waals surface area contributed by atoms with E-state index < -0.39 is 17.7 Å². The molecule has 8 heteroatoms. The molecule has 2 aliphatic rings. The quantitative estimate of drug-likeness (QED) is 0.282. The molecule has 0 saturated carbocycles. The van der Waals surface area contributed by atoms with Crippen molar-refractivity contribution in [2.45, 2.75) is 12.6 Å². The van der Waals surface area contributed by atoms with Crippen molar-refractivity contribution in [1.29, 1.82) is 0 Å². The number of methoxy groups -OCH3 is 1. The number of carbonyl (C=O) groups excluding carboxylic acids is 2. The lowest BCUT2D eigenvalue weighted by molar-refractivity contribution is -0.140. The predicted octanol–water partition coefficient (Wildman–Crippen LogP) is 4.10. The van der Waals surface area contributed by atoms with E-state index in [1.807, 2.05) is 42.5 Å². The second-order valence-electron chi connectivity index (χ2n) is 8.69. The summed E-state index contributed by atoms with van der Waals surface area (Å²) in [5.41, 5.74) is 2.01. The van der Waals surface area contributed by atoms with Crippen LogP contribution in [-0.4, -0.2) is 55.2 Å². The molecule has 8 nitrogen and oxygen atoms in total. The first-order chi connectivity index (χ1) is 18.1. The largest absolute Gasteiger partial charge is 0.507 e. The van der Waals surface area contributed by atoms with E-state index in [9.17, 15) is 14.7 Å². The molecule has 1 N–H and O–H groups in total. The molecule has 2 aliphatic heterocycles. The number of nitrogens with zero attached hydrogens (tertiary/aromatic N) is 1. The second kappa shape index (κ2) is 10.8. The summed E-state index contributed by atoms with van der Waals surface area (Å²) in [4.78, 5) is 27.7. The van der Waals surface area contributed by atoms with Crippen LogP contribution in [0.25, 0.3) is 5.76 Å². The van der Waals surface area contributed by atoms with Gasteiger partial charge in [-0.2, -0.15) is 0 Å². The number of benzene rings is 3. The molecule has 0 spiro atoms. The molecule has 0 aromatic heterocycles. The van der Waals surface area contributed by atoms with Crippen molar-refractivity contribution in [1.82, 2.24) is 4.90 Å². The van der Waals surface area contributed by atoms with Crippen molar-refractivity contribution in [3.05, 3.63) is 95.1 Å². The minimum absolute atomic E-state index is 0.00186. The maximum atomic E-state index is 13.2. The summed E-state index contributed by atoms with van der Waals surface area (Å²) in [6.07, 6.45) is 0. The first-order valence-electron chi connectivity index (χ1n) is 12.0. The molecule has 190 valence electrons. The van der Waals surface area contributed by atoms with Crippen molar-refractivity contribution in [2.75, 3.05) is 33.5 Å². The predicted molar refractivity (Wildman–Crippen MR) is 136 cm³/mol. The Balaban J connectivity index is 1.53. The first kappa shape index (κ1) is 24.4. The minimum atomic E-state index is -0.816. The number of rotatable bonds is 8. The third kappa shape index (κ3) is 5.01. The van der Waals surface area contributed by atoms with E-state index in [0.29, 0.717) is 48.2 Å². The summed E-state index contributed by atoms with van der Waals surface area (Å²) in [6, 6.07) is 21.1. The Kier molecular flexibility index (Phi) is 7.09. The number of hydrogen-bond donors (Lipinski definition) is 1. The topological polar surface area (TPSA) is 94.5 Å². The van der Waals surface area contributed by atoms with Gasteiger partial charge in [-0.25, -0.2) is 0 Å². The summed E-state index contributed by atoms with van der Waals surface area (Å²) in [5, 5.41) is 11.3. The van der Waals surface area contributed by atoms with Gasteiger partial charge in [0, 0.05) is 19.2 Å². The summed E-state index contributed by atoms with van der Waals surface area (Å²) >= 11 is 0. The van der Waals surface area contributed by atoms with Crippen LogP contribution in [0.4, 0.5) is 0 Å². The number of ether oxygens (including phenoxy) is 4. The van der Waals surface area contributed by atoms with Crippen molar-refractivity contribution < 1.29 is 33.6 Å². The molecule has 0 unspecified atom stereocenters. The Bertz CT molecular complexity index is 1340. The fourth-order valence-corrected chi connectivity index (χ4v) is 4.51. The third-order valence-corrected chi connectivity index (χ3v) is 6.31. The average Bonchev–Trinajstić information content (AvgIpc) is 3.20. The number of aliphatic hydroxyl groups is 1. The number of fused-ring (bicyclic) bond motifs is 1. The highest BCUT2D eigenvalue weighted by Crippen LogP contribution is 2.41. The van der Waals surface area contributed by atoms with Crippen molar-refractivity contribution >= 4 is 17.4 Å². The highest BCUT2D eigenvalue weighted by atomic mass is 16.6. The maximum Gasteiger partial charge on any atom is 0.295 e. The maximum absolute atomic E-state index is 13.2. The summed E-state index contributed by atoms with van der Waals surface area (Å²) in [6.45, 7) is 1.60. The van der Waals surface area contributed by atoms with Crippen LogP contribution in [0.2, 0.25) is 0 Å². The van der Waals surface area contributed by atoms with E-state index in [1.165, 1.54) is 12.0 Å². The Morgan fingerprint density at radius 1 is 0.973 bits per heavy atom. The van der Waals surface area contributed by atoms with E-state index in [-0.39, 0.29) is 24.5 Å². The Hall–Kier alpha value is -4.30. The standard InChI is InChI=1S/C29H27NO7/c1-34-13-12-30-26(20-8-5-9-22(16-20)37-18-19-6-3-2-4-7-19)25(28(32)29(30)33)27(31)21-10-11-23-24(17-21)36-15-14-35-23/h2-11,16-17,26,31H,12-15,18H2,1H3/b27-25+/t26-/m1/s1. The van der Waals surface area contributed by atoms with Gasteiger partial charge < -0.3 is 29.0 Å². The van der Waals surface area contributed by atoms with Crippen LogP contribution in [0.15, 0.2) is 78.4 Å². The van der Waals surface area contributed by atoms with Crippen LogP contribution in [0.5, 0.6) is 17.2 Å². The van der Waals surface area contributed by atoms with Crippen LogP contribution < -0.4 is 14.2 Å². The zero-order valence-electron chi connectivity index (χ0n) is 20.4. The van der Waals surface area contributed by atoms with E-state index in [4.69, 9.17) is 18.9 Å². The number of Topliss-reactive ketones (excluding diaryl/α,β-unsaturated/α-hetero) is 1. The minimum Gasteiger partial charge on any atom is -0.507 e. The Morgan fingerprint density at radius 3 is 2.54 bits per heavy atom. The Labute approximate surface area is 214 Å². The van der Waals surface area contributed by atoms with Gasteiger partial charge in [-0.1, -0.05) is 42.5 Å². The van der Waals surface area contributed by atoms with Crippen molar-refractivity contribution in [3.8, 4) is 17.2 Å². The van der Waals surface area contributed by atoms with Crippen LogP contribution in [0, 0.1) is 0 Å². The number of hydrogen-bond acceptors (Lipinski definition) is 7. The molecule has 2 heterocycles. The van der Waals surface area contributed by atoms with Crippen molar-refractivity contribution in [2.24, 2.45) is 0 Å². The average molecular weight is 502 g/mol. The molecule has 37 heavy (non-hydrogen) atoms. The normalized spacial score (nSPS) is 18.2. The van der Waals surface area contributed by atoms with Gasteiger partial charge in [0.2, 0.25) is 0 Å². The molecule has 1 saturated heterocycles. The molecule has 0 aliphatic carbocycles. The second-order valence-corrected chi connectivity index (χ2v) is 8.69. The van der Waals surface area contributed by atoms with Crippen LogP contribution >= 0.6 is 0 Å². The molecule has 3 aromatic carbocycles. The number of carbonyl (C=O) groups is 2. The number of aliphatic hydroxyl groups excluding tert-OH is 1. The zero-order valence-corrected chi connectivity index (χ0v) is 20.4. The van der Waals surface area contributed by atoms with Gasteiger partial charge in [0.05, 0.1) is 18.2 Å².